The minimum atomic E-state index is 0.446. The number of Topliss-reactive ketones (excluding diaryl/α,β-unsaturated/α-hetero) is 1. The molecule has 1 aromatic rings. The first kappa shape index (κ1) is 11.4. The Labute approximate surface area is 124 Å². The van der Waals surface area contributed by atoms with Gasteiger partial charge in [-0.2, -0.15) is 0 Å². The highest BCUT2D eigenvalue weighted by molar-refractivity contribution is 5.91. The Morgan fingerprint density at radius 2 is 2.10 bits per heavy atom. The van der Waals surface area contributed by atoms with Crippen LogP contribution in [-0.2, 0) is 11.3 Å². The summed E-state index contributed by atoms with van der Waals surface area (Å²) in [7, 11) is 2.27. The molecule has 3 nitrogen and oxygen atoms in total. The number of pyridine rings is 1. The molecule has 5 fully saturated rings. The predicted molar refractivity (Wildman–Crippen MR) is 77.0 cm³/mol. The van der Waals surface area contributed by atoms with Crippen molar-refractivity contribution in [3.63, 3.8) is 0 Å². The standard InChI is InChI=1S/C18H20N2O/c1-20(7-8-3-2-4-19-6-8)17-13-9-5-10-12-11(9)15(17)16(12)18(21)14(10)13/h2-4,6,9-17H,5,7H2,1H3/t9-,10+,11-,12-,13+,14-,15+,16+,17-/m0/s1. The van der Waals surface area contributed by atoms with Gasteiger partial charge in [-0.25, -0.2) is 0 Å². The van der Waals surface area contributed by atoms with E-state index in [2.05, 4.69) is 23.0 Å². The molecule has 3 heteroatoms. The van der Waals surface area contributed by atoms with E-state index in [1.54, 1.807) is 0 Å². The van der Waals surface area contributed by atoms with E-state index < -0.39 is 0 Å². The fraction of sp³-hybridized carbons (Fsp3) is 0.667. The molecule has 1 heterocycles. The summed E-state index contributed by atoms with van der Waals surface area (Å²) in [5.41, 5.74) is 1.30. The summed E-state index contributed by atoms with van der Waals surface area (Å²) >= 11 is 0. The number of aromatic nitrogens is 1. The minimum absolute atomic E-state index is 0.446. The van der Waals surface area contributed by atoms with E-state index in [9.17, 15) is 4.79 Å². The molecule has 5 aliphatic carbocycles. The first-order valence-corrected chi connectivity index (χ1v) is 8.40. The third-order valence-electron chi connectivity index (χ3n) is 7.73. The van der Waals surface area contributed by atoms with Gasteiger partial charge in [0.1, 0.15) is 5.78 Å². The zero-order chi connectivity index (χ0) is 13.9. The number of nitrogens with zero attached hydrogens (tertiary/aromatic N) is 2. The van der Waals surface area contributed by atoms with Gasteiger partial charge in [0.05, 0.1) is 0 Å². The summed E-state index contributed by atoms with van der Waals surface area (Å²) in [4.78, 5) is 19.4. The molecular formula is C18H20N2O. The van der Waals surface area contributed by atoms with Crippen molar-refractivity contribution in [2.24, 2.45) is 47.3 Å². The smallest absolute Gasteiger partial charge is 0.140 e. The number of fused-ring (bicyclic) bond motifs is 2. The third-order valence-corrected chi connectivity index (χ3v) is 7.73. The van der Waals surface area contributed by atoms with Gasteiger partial charge in [-0.3, -0.25) is 14.7 Å². The van der Waals surface area contributed by atoms with Crippen LogP contribution in [0.5, 0.6) is 0 Å². The Balaban J connectivity index is 1.35. The summed E-state index contributed by atoms with van der Waals surface area (Å²) in [6.45, 7) is 0.980. The van der Waals surface area contributed by atoms with Crippen molar-refractivity contribution in [1.29, 1.82) is 0 Å². The van der Waals surface area contributed by atoms with E-state index in [0.29, 0.717) is 35.5 Å². The van der Waals surface area contributed by atoms with Crippen LogP contribution in [0.4, 0.5) is 0 Å². The quantitative estimate of drug-likeness (QED) is 0.847. The van der Waals surface area contributed by atoms with Gasteiger partial charge in [-0.05, 0) is 60.6 Å². The average Bonchev–Trinajstić information content (AvgIpc) is 2.98. The van der Waals surface area contributed by atoms with Crippen LogP contribution in [-0.4, -0.2) is 28.8 Å². The van der Waals surface area contributed by atoms with E-state index in [1.165, 1.54) is 12.0 Å². The maximum atomic E-state index is 12.6. The lowest BCUT2D eigenvalue weighted by Crippen LogP contribution is -2.54. The number of carbonyl (C=O) groups is 1. The molecule has 6 rings (SSSR count). The Kier molecular flexibility index (Phi) is 1.84. The van der Waals surface area contributed by atoms with Crippen molar-refractivity contribution in [3.8, 4) is 0 Å². The molecule has 0 saturated heterocycles. The van der Waals surface area contributed by atoms with Gasteiger partial charge < -0.3 is 0 Å². The van der Waals surface area contributed by atoms with Crippen molar-refractivity contribution in [1.82, 2.24) is 9.88 Å². The van der Waals surface area contributed by atoms with Crippen molar-refractivity contribution >= 4 is 5.78 Å². The van der Waals surface area contributed by atoms with Gasteiger partial charge in [-0.15, -0.1) is 0 Å². The highest BCUT2D eigenvalue weighted by atomic mass is 16.1. The number of hydrogen-bond donors (Lipinski definition) is 0. The molecule has 108 valence electrons. The van der Waals surface area contributed by atoms with E-state index in [0.717, 1.165) is 30.2 Å². The van der Waals surface area contributed by atoms with Crippen molar-refractivity contribution < 1.29 is 4.79 Å². The Bertz CT molecular complexity index is 644. The van der Waals surface area contributed by atoms with Crippen LogP contribution in [0.15, 0.2) is 24.5 Å². The lowest BCUT2D eigenvalue weighted by Gasteiger charge is -2.48. The molecule has 1 aromatic heterocycles. The van der Waals surface area contributed by atoms with E-state index in [1.807, 2.05) is 18.5 Å². The zero-order valence-electron chi connectivity index (χ0n) is 12.2. The molecule has 2 bridgehead atoms. The zero-order valence-corrected chi connectivity index (χ0v) is 12.2. The molecule has 0 spiro atoms. The van der Waals surface area contributed by atoms with Crippen LogP contribution in [0.1, 0.15) is 12.0 Å². The second kappa shape index (κ2) is 3.40. The molecule has 0 unspecified atom stereocenters. The molecular weight excluding hydrogens is 260 g/mol. The predicted octanol–water partition coefficient (Wildman–Crippen LogP) is 1.84. The number of rotatable bonds is 3. The van der Waals surface area contributed by atoms with Crippen LogP contribution in [0, 0.1) is 47.3 Å². The number of hydrogen-bond acceptors (Lipinski definition) is 3. The summed E-state index contributed by atoms with van der Waals surface area (Å²) in [6.07, 6.45) is 5.19. The molecule has 0 amide bonds. The monoisotopic (exact) mass is 280 g/mol. The normalized spacial score (nSPS) is 54.0. The molecule has 0 N–H and O–H groups in total. The lowest BCUT2D eigenvalue weighted by molar-refractivity contribution is -0.137. The topological polar surface area (TPSA) is 33.2 Å². The van der Waals surface area contributed by atoms with Gasteiger partial charge >= 0.3 is 0 Å². The van der Waals surface area contributed by atoms with Crippen LogP contribution < -0.4 is 0 Å². The van der Waals surface area contributed by atoms with E-state index in [4.69, 9.17) is 0 Å². The van der Waals surface area contributed by atoms with Crippen LogP contribution in [0.25, 0.3) is 0 Å². The van der Waals surface area contributed by atoms with Crippen molar-refractivity contribution in [3.05, 3.63) is 30.1 Å². The second-order valence-corrected chi connectivity index (χ2v) is 8.09. The minimum Gasteiger partial charge on any atom is -0.299 e. The maximum Gasteiger partial charge on any atom is 0.140 e. The van der Waals surface area contributed by atoms with E-state index in [-0.39, 0.29) is 0 Å². The van der Waals surface area contributed by atoms with Crippen molar-refractivity contribution in [2.75, 3.05) is 7.05 Å². The van der Waals surface area contributed by atoms with Crippen molar-refractivity contribution in [2.45, 2.75) is 19.0 Å². The molecule has 0 radical (unpaired) electrons. The Morgan fingerprint density at radius 1 is 1.19 bits per heavy atom. The average molecular weight is 280 g/mol. The van der Waals surface area contributed by atoms with Gasteiger partial charge in [0.25, 0.3) is 0 Å². The Hall–Kier alpha value is -1.22. The van der Waals surface area contributed by atoms with Gasteiger partial charge in [-0.1, -0.05) is 6.07 Å². The highest BCUT2D eigenvalue weighted by Crippen LogP contribution is 2.82. The summed E-state index contributed by atoms with van der Waals surface area (Å²) < 4.78 is 0. The molecule has 0 aliphatic heterocycles. The SMILES string of the molecule is CN(Cc1cccnc1)[C@H]1[C@@H]2[C@H]3C[C@H]4[C@@H]2C(=O)[C@@H]2[C@@H]4[C@H]3[C@H]21. The first-order chi connectivity index (χ1) is 10.3. The maximum absolute atomic E-state index is 12.6. The highest BCUT2D eigenvalue weighted by Gasteiger charge is 2.83. The summed E-state index contributed by atoms with van der Waals surface area (Å²) in [5.74, 6) is 6.35. The number of ketones is 1. The van der Waals surface area contributed by atoms with Crippen LogP contribution >= 0.6 is 0 Å². The molecule has 21 heavy (non-hydrogen) atoms. The third kappa shape index (κ3) is 1.06. The molecule has 5 aliphatic rings. The van der Waals surface area contributed by atoms with Crippen LogP contribution in [0.3, 0.4) is 0 Å². The molecule has 5 saturated carbocycles. The summed E-state index contributed by atoms with van der Waals surface area (Å²) in [6, 6.07) is 4.85. The second-order valence-electron chi connectivity index (χ2n) is 8.09. The number of carbonyl (C=O) groups excluding carboxylic acids is 1. The van der Waals surface area contributed by atoms with Gasteiger partial charge in [0, 0.05) is 36.8 Å². The van der Waals surface area contributed by atoms with Gasteiger partial charge in [0.15, 0.2) is 0 Å². The van der Waals surface area contributed by atoms with Crippen LogP contribution in [0.2, 0.25) is 0 Å². The fourth-order valence-electron chi connectivity index (χ4n) is 7.59. The fourth-order valence-corrected chi connectivity index (χ4v) is 7.59. The molecule has 0 aromatic carbocycles. The van der Waals surface area contributed by atoms with Gasteiger partial charge in [0.2, 0.25) is 0 Å². The first-order valence-electron chi connectivity index (χ1n) is 8.40. The largest absolute Gasteiger partial charge is 0.299 e. The van der Waals surface area contributed by atoms with E-state index >= 15 is 0 Å². The Morgan fingerprint density at radius 3 is 2.90 bits per heavy atom. The lowest BCUT2D eigenvalue weighted by atomic mass is 9.58. The summed E-state index contributed by atoms with van der Waals surface area (Å²) in [5, 5.41) is 0. The molecule has 9 atom stereocenters.